The average Bonchev–Trinajstić information content (AvgIpc) is 2.17. The lowest BCUT2D eigenvalue weighted by molar-refractivity contribution is 0.0860. The molecule has 0 bridgehead atoms. The Hall–Kier alpha value is -1.75. The molecule has 0 saturated heterocycles. The molecule has 0 unspecified atom stereocenters. The summed E-state index contributed by atoms with van der Waals surface area (Å²) in [5, 5.41) is 0. The van der Waals surface area contributed by atoms with E-state index in [0.29, 0.717) is 5.56 Å². The Bertz CT molecular complexity index is 310. The maximum Gasteiger partial charge on any atom is 0.265 e. The summed E-state index contributed by atoms with van der Waals surface area (Å²) in [5.74, 6) is -0.155. The van der Waals surface area contributed by atoms with Crippen LogP contribution in [-0.2, 0) is 0 Å². The first-order chi connectivity index (χ1) is 5.75. The molecule has 0 fully saturated rings. The summed E-state index contributed by atoms with van der Waals surface area (Å²) in [4.78, 5) is 12.6. The third-order valence-electron chi connectivity index (χ3n) is 1.52. The molecular formula is C10H9NO. The normalized spacial score (nSPS) is 8.67. The zero-order valence-electron chi connectivity index (χ0n) is 6.82. The molecule has 0 atom stereocenters. The summed E-state index contributed by atoms with van der Waals surface area (Å²) in [6.07, 6.45) is 5.07. The monoisotopic (exact) mass is 159 g/mol. The summed E-state index contributed by atoms with van der Waals surface area (Å²) in [6, 6.07) is 11.2. The average molecular weight is 159 g/mol. The van der Waals surface area contributed by atoms with E-state index >= 15 is 0 Å². The molecule has 0 aromatic heterocycles. The van der Waals surface area contributed by atoms with Gasteiger partial charge >= 0.3 is 0 Å². The van der Waals surface area contributed by atoms with E-state index in [1.165, 1.54) is 4.90 Å². The zero-order chi connectivity index (χ0) is 8.97. The number of benzene rings is 1. The quantitative estimate of drug-likeness (QED) is 0.447. The summed E-state index contributed by atoms with van der Waals surface area (Å²) >= 11 is 0. The van der Waals surface area contributed by atoms with E-state index in [1.807, 2.05) is 6.07 Å². The fourth-order valence-corrected chi connectivity index (χ4v) is 0.833. The van der Waals surface area contributed by atoms with Crippen molar-refractivity contribution < 1.29 is 4.79 Å². The van der Waals surface area contributed by atoms with Gasteiger partial charge in [-0.2, -0.15) is 0 Å². The first kappa shape index (κ1) is 8.35. The smallest absolute Gasteiger partial charge is 0.265 e. The highest BCUT2D eigenvalue weighted by molar-refractivity contribution is 5.95. The highest BCUT2D eigenvalue weighted by atomic mass is 16.2. The Morgan fingerprint density at radius 3 is 2.50 bits per heavy atom. The maximum atomic E-state index is 11.4. The topological polar surface area (TPSA) is 20.3 Å². The molecule has 0 spiro atoms. The van der Waals surface area contributed by atoms with Gasteiger partial charge in [0.05, 0.1) is 0 Å². The predicted octanol–water partition coefficient (Wildman–Crippen LogP) is 1.35. The summed E-state index contributed by atoms with van der Waals surface area (Å²) in [6.45, 7) is 0. The first-order valence-corrected chi connectivity index (χ1v) is 3.55. The van der Waals surface area contributed by atoms with Crippen LogP contribution in [0.1, 0.15) is 10.4 Å². The molecule has 0 heterocycles. The minimum Gasteiger partial charge on any atom is -0.271 e. The lowest BCUT2D eigenvalue weighted by Gasteiger charge is -2.07. The van der Waals surface area contributed by atoms with Crippen molar-refractivity contribution in [1.29, 1.82) is 0 Å². The van der Waals surface area contributed by atoms with Gasteiger partial charge < -0.3 is 0 Å². The molecule has 1 aromatic rings. The second kappa shape index (κ2) is 3.59. The highest BCUT2D eigenvalue weighted by Gasteiger charge is 2.07. The van der Waals surface area contributed by atoms with Gasteiger partial charge in [-0.15, -0.1) is 0 Å². The Kier molecular flexibility index (Phi) is 2.49. The Labute approximate surface area is 71.8 Å². The summed E-state index contributed by atoms with van der Waals surface area (Å²) in [7, 11) is 1.56. The Morgan fingerprint density at radius 1 is 1.42 bits per heavy atom. The SMILES string of the molecule is C#CN(C)C(=O)c1ccccc1. The van der Waals surface area contributed by atoms with Gasteiger partial charge in [-0.25, -0.2) is 0 Å². The Morgan fingerprint density at radius 2 is 2.00 bits per heavy atom. The zero-order valence-corrected chi connectivity index (χ0v) is 6.82. The first-order valence-electron chi connectivity index (χ1n) is 3.55. The van der Waals surface area contributed by atoms with Crippen molar-refractivity contribution >= 4 is 5.91 Å². The van der Waals surface area contributed by atoms with Crippen LogP contribution in [0.5, 0.6) is 0 Å². The summed E-state index contributed by atoms with van der Waals surface area (Å²) < 4.78 is 0. The lowest BCUT2D eigenvalue weighted by atomic mass is 10.2. The minimum absolute atomic E-state index is 0.155. The number of rotatable bonds is 1. The van der Waals surface area contributed by atoms with Crippen LogP contribution in [0.3, 0.4) is 0 Å². The van der Waals surface area contributed by atoms with E-state index < -0.39 is 0 Å². The second-order valence-corrected chi connectivity index (χ2v) is 2.36. The largest absolute Gasteiger partial charge is 0.271 e. The molecule has 0 saturated carbocycles. The Balaban J connectivity index is 2.88. The van der Waals surface area contributed by atoms with Crippen LogP contribution in [0.25, 0.3) is 0 Å². The van der Waals surface area contributed by atoms with E-state index in [9.17, 15) is 4.79 Å². The van der Waals surface area contributed by atoms with Crippen LogP contribution in [0, 0.1) is 12.5 Å². The number of hydrogen-bond acceptors (Lipinski definition) is 1. The van der Waals surface area contributed by atoms with Gasteiger partial charge in [0.15, 0.2) is 0 Å². The molecule has 1 amide bonds. The van der Waals surface area contributed by atoms with Crippen LogP contribution >= 0.6 is 0 Å². The fourth-order valence-electron chi connectivity index (χ4n) is 0.833. The molecule has 0 aliphatic heterocycles. The number of hydrogen-bond donors (Lipinski definition) is 0. The van der Waals surface area contributed by atoms with Crippen molar-refractivity contribution in [3.05, 3.63) is 35.9 Å². The molecule has 1 aromatic carbocycles. The molecule has 2 nitrogen and oxygen atoms in total. The van der Waals surface area contributed by atoms with Gasteiger partial charge in [-0.05, 0) is 12.1 Å². The fraction of sp³-hybridized carbons (Fsp3) is 0.100. The molecule has 0 N–H and O–H groups in total. The van der Waals surface area contributed by atoms with Crippen LogP contribution in [0.4, 0.5) is 0 Å². The van der Waals surface area contributed by atoms with Gasteiger partial charge in [0.25, 0.3) is 5.91 Å². The van der Waals surface area contributed by atoms with Crippen LogP contribution in [0.15, 0.2) is 30.3 Å². The number of terminal acetylenes is 1. The van der Waals surface area contributed by atoms with Gasteiger partial charge in [0.1, 0.15) is 0 Å². The molecule has 0 aliphatic carbocycles. The van der Waals surface area contributed by atoms with Crippen LogP contribution in [-0.4, -0.2) is 17.9 Å². The maximum absolute atomic E-state index is 11.4. The van der Waals surface area contributed by atoms with E-state index in [0.717, 1.165) is 0 Å². The highest BCUT2D eigenvalue weighted by Crippen LogP contribution is 2.01. The summed E-state index contributed by atoms with van der Waals surface area (Å²) in [5.41, 5.74) is 0.609. The van der Waals surface area contributed by atoms with Gasteiger partial charge in [0.2, 0.25) is 0 Å². The van der Waals surface area contributed by atoms with Crippen molar-refractivity contribution in [3.63, 3.8) is 0 Å². The van der Waals surface area contributed by atoms with Crippen molar-refractivity contribution in [3.8, 4) is 12.5 Å². The van der Waals surface area contributed by atoms with Gasteiger partial charge in [0, 0.05) is 18.7 Å². The van der Waals surface area contributed by atoms with E-state index in [2.05, 4.69) is 6.04 Å². The third kappa shape index (κ3) is 1.64. The molecule has 1 rings (SSSR count). The third-order valence-corrected chi connectivity index (χ3v) is 1.52. The van der Waals surface area contributed by atoms with Crippen molar-refractivity contribution in [1.82, 2.24) is 4.90 Å². The van der Waals surface area contributed by atoms with E-state index in [-0.39, 0.29) is 5.91 Å². The molecule has 0 radical (unpaired) electrons. The number of carbonyl (C=O) groups excluding carboxylic acids is 1. The lowest BCUT2D eigenvalue weighted by Crippen LogP contribution is -2.20. The standard InChI is InChI=1S/C10H9NO/c1-3-11(2)10(12)9-7-5-4-6-8-9/h1,4-8H,2H3. The van der Waals surface area contributed by atoms with Crippen molar-refractivity contribution in [2.75, 3.05) is 7.05 Å². The minimum atomic E-state index is -0.155. The molecular weight excluding hydrogens is 150 g/mol. The van der Waals surface area contributed by atoms with Gasteiger partial charge in [-0.1, -0.05) is 24.6 Å². The second-order valence-electron chi connectivity index (χ2n) is 2.36. The molecule has 60 valence electrons. The molecule has 0 aliphatic rings. The van der Waals surface area contributed by atoms with E-state index in [4.69, 9.17) is 6.42 Å². The van der Waals surface area contributed by atoms with E-state index in [1.54, 1.807) is 31.3 Å². The van der Waals surface area contributed by atoms with Crippen molar-refractivity contribution in [2.45, 2.75) is 0 Å². The number of amides is 1. The van der Waals surface area contributed by atoms with Crippen LogP contribution in [0.2, 0.25) is 0 Å². The predicted molar refractivity (Wildman–Crippen MR) is 47.4 cm³/mol. The van der Waals surface area contributed by atoms with Crippen LogP contribution < -0.4 is 0 Å². The molecule has 12 heavy (non-hydrogen) atoms. The van der Waals surface area contributed by atoms with Crippen molar-refractivity contribution in [2.24, 2.45) is 0 Å². The molecule has 2 heteroatoms. The number of nitrogens with zero attached hydrogens (tertiary/aromatic N) is 1. The van der Waals surface area contributed by atoms with Gasteiger partial charge in [-0.3, -0.25) is 9.69 Å². The number of carbonyl (C=O) groups is 1.